The van der Waals surface area contributed by atoms with E-state index < -0.39 is 17.4 Å². The first kappa shape index (κ1) is 23.6. The van der Waals surface area contributed by atoms with Crippen LogP contribution >= 0.6 is 0 Å². The van der Waals surface area contributed by atoms with E-state index >= 15 is 0 Å². The topological polar surface area (TPSA) is 76.5 Å². The summed E-state index contributed by atoms with van der Waals surface area (Å²) < 4.78 is 35.7. The Hall–Kier alpha value is -3.59. The lowest BCUT2D eigenvalue weighted by Gasteiger charge is -2.18. The lowest BCUT2D eigenvalue weighted by atomic mass is 10.0. The molecule has 0 bridgehead atoms. The molecule has 0 fully saturated rings. The van der Waals surface area contributed by atoms with Gasteiger partial charge in [0, 0.05) is 30.3 Å². The molecule has 0 spiro atoms. The maximum atomic E-state index is 14.6. The number of halogens is 2. The summed E-state index contributed by atoms with van der Waals surface area (Å²) >= 11 is 0. The van der Waals surface area contributed by atoms with Gasteiger partial charge in [-0.25, -0.2) is 13.5 Å². The van der Waals surface area contributed by atoms with E-state index in [1.165, 1.54) is 16.8 Å². The van der Waals surface area contributed by atoms with Crippen LogP contribution in [0.3, 0.4) is 0 Å². The molecule has 1 amide bonds. The number of anilines is 1. The molecule has 4 rings (SSSR count). The van der Waals surface area contributed by atoms with Crippen molar-refractivity contribution in [3.8, 4) is 17.0 Å². The average molecular weight is 469 g/mol. The number of nitrogens with one attached hydrogen (secondary N) is 1. The van der Waals surface area contributed by atoms with Gasteiger partial charge in [-0.15, -0.1) is 0 Å². The molecular formula is C25H26F2N4O3. The van der Waals surface area contributed by atoms with E-state index in [9.17, 15) is 18.4 Å². The summed E-state index contributed by atoms with van der Waals surface area (Å²) in [7, 11) is 3.82. The van der Waals surface area contributed by atoms with Crippen molar-refractivity contribution in [1.29, 1.82) is 0 Å². The summed E-state index contributed by atoms with van der Waals surface area (Å²) in [5.41, 5.74) is 2.62. The van der Waals surface area contributed by atoms with Gasteiger partial charge < -0.3 is 15.0 Å². The van der Waals surface area contributed by atoms with E-state index in [4.69, 9.17) is 4.74 Å². The van der Waals surface area contributed by atoms with E-state index in [1.807, 2.05) is 37.2 Å². The summed E-state index contributed by atoms with van der Waals surface area (Å²) in [6, 6.07) is 10.6. The van der Waals surface area contributed by atoms with E-state index in [2.05, 4.69) is 10.4 Å². The second kappa shape index (κ2) is 10.1. The Kier molecular flexibility index (Phi) is 7.02. The van der Waals surface area contributed by atoms with Gasteiger partial charge in [0.25, 0.3) is 5.56 Å². The molecule has 0 saturated heterocycles. The zero-order valence-corrected chi connectivity index (χ0v) is 19.1. The normalized spacial score (nSPS) is 13.0. The van der Waals surface area contributed by atoms with Crippen molar-refractivity contribution in [2.45, 2.75) is 25.8 Å². The van der Waals surface area contributed by atoms with Crippen molar-refractivity contribution in [2.24, 2.45) is 0 Å². The third-order valence-corrected chi connectivity index (χ3v) is 5.56. The minimum Gasteiger partial charge on any atom is -0.488 e. The van der Waals surface area contributed by atoms with E-state index in [0.717, 1.165) is 35.5 Å². The van der Waals surface area contributed by atoms with E-state index in [0.29, 0.717) is 19.3 Å². The number of aromatic nitrogens is 2. The molecule has 0 aliphatic carbocycles. The Morgan fingerprint density at radius 2 is 1.82 bits per heavy atom. The van der Waals surface area contributed by atoms with Crippen LogP contribution in [0.2, 0.25) is 0 Å². The van der Waals surface area contributed by atoms with Gasteiger partial charge >= 0.3 is 0 Å². The van der Waals surface area contributed by atoms with Crippen LogP contribution in [0.25, 0.3) is 11.3 Å². The van der Waals surface area contributed by atoms with Gasteiger partial charge in [0.15, 0.2) is 17.4 Å². The maximum Gasteiger partial charge on any atom is 0.267 e. The minimum absolute atomic E-state index is 0.0453. The fourth-order valence-electron chi connectivity index (χ4n) is 3.81. The molecule has 2 heterocycles. The minimum atomic E-state index is -0.829. The number of hydrogen-bond donors (Lipinski definition) is 1. The molecule has 9 heteroatoms. The zero-order valence-electron chi connectivity index (χ0n) is 19.1. The number of carbonyl (C=O) groups is 1. The molecule has 34 heavy (non-hydrogen) atoms. The van der Waals surface area contributed by atoms with Gasteiger partial charge in [0.1, 0.15) is 0 Å². The molecule has 0 unspecified atom stereocenters. The number of hydrogen-bond acceptors (Lipinski definition) is 5. The van der Waals surface area contributed by atoms with Crippen LogP contribution < -0.4 is 15.6 Å². The smallest absolute Gasteiger partial charge is 0.267 e. The number of rotatable bonds is 8. The van der Waals surface area contributed by atoms with Gasteiger partial charge in [-0.2, -0.15) is 5.10 Å². The molecule has 7 nitrogen and oxygen atoms in total. The molecule has 0 atom stereocenters. The van der Waals surface area contributed by atoms with Crippen molar-refractivity contribution in [1.82, 2.24) is 14.7 Å². The number of benzene rings is 2. The van der Waals surface area contributed by atoms with Crippen LogP contribution in [0.4, 0.5) is 14.5 Å². The second-order valence-electron chi connectivity index (χ2n) is 8.53. The Labute approximate surface area is 196 Å². The van der Waals surface area contributed by atoms with Crippen molar-refractivity contribution in [2.75, 3.05) is 32.6 Å². The van der Waals surface area contributed by atoms with Gasteiger partial charge in [-0.1, -0.05) is 12.1 Å². The quantitative estimate of drug-likeness (QED) is 0.513. The van der Waals surface area contributed by atoms with Gasteiger partial charge in [-0.3, -0.25) is 9.59 Å². The highest BCUT2D eigenvalue weighted by atomic mass is 19.1. The molecule has 1 aliphatic heterocycles. The Morgan fingerprint density at radius 1 is 1.06 bits per heavy atom. The van der Waals surface area contributed by atoms with Gasteiger partial charge in [-0.05, 0) is 62.3 Å². The highest BCUT2D eigenvalue weighted by Gasteiger charge is 2.17. The van der Waals surface area contributed by atoms with Crippen molar-refractivity contribution >= 4 is 11.6 Å². The largest absolute Gasteiger partial charge is 0.488 e. The van der Waals surface area contributed by atoms with Crippen LogP contribution in [-0.2, 0) is 17.8 Å². The lowest BCUT2D eigenvalue weighted by molar-refractivity contribution is -0.116. The van der Waals surface area contributed by atoms with Crippen LogP contribution in [0, 0.1) is 11.6 Å². The van der Waals surface area contributed by atoms with Crippen LogP contribution in [0.5, 0.6) is 5.75 Å². The molecule has 1 aromatic heterocycles. The number of ether oxygens (including phenoxy) is 1. The number of carbonyl (C=O) groups excluding carboxylic acids is 1. The first-order valence-corrected chi connectivity index (χ1v) is 11.1. The first-order valence-electron chi connectivity index (χ1n) is 11.1. The Morgan fingerprint density at radius 3 is 2.56 bits per heavy atom. The summed E-state index contributed by atoms with van der Waals surface area (Å²) in [4.78, 5) is 26.0. The predicted molar refractivity (Wildman–Crippen MR) is 125 cm³/mol. The van der Waals surface area contributed by atoms with Crippen LogP contribution in [-0.4, -0.2) is 47.8 Å². The molecule has 1 aliphatic rings. The van der Waals surface area contributed by atoms with Crippen molar-refractivity contribution in [3.63, 3.8) is 0 Å². The first-order chi connectivity index (χ1) is 16.3. The average Bonchev–Trinajstić information content (AvgIpc) is 2.79. The summed E-state index contributed by atoms with van der Waals surface area (Å²) in [5, 5.41) is 7.14. The van der Waals surface area contributed by atoms with Crippen molar-refractivity contribution < 1.29 is 18.3 Å². The maximum absolute atomic E-state index is 14.6. The highest BCUT2D eigenvalue weighted by molar-refractivity contribution is 5.93. The monoisotopic (exact) mass is 468 g/mol. The summed E-state index contributed by atoms with van der Waals surface area (Å²) in [6.07, 6.45) is 1.75. The van der Waals surface area contributed by atoms with Gasteiger partial charge in [0.2, 0.25) is 5.91 Å². The van der Waals surface area contributed by atoms with Gasteiger partial charge in [0.05, 0.1) is 18.8 Å². The fraction of sp³-hybridized carbons (Fsp3) is 0.320. The highest BCUT2D eigenvalue weighted by Crippen LogP contribution is 2.28. The Bertz CT molecular complexity index is 1250. The molecule has 0 saturated carbocycles. The second-order valence-corrected chi connectivity index (χ2v) is 8.53. The lowest BCUT2D eigenvalue weighted by Crippen LogP contribution is -2.23. The van der Waals surface area contributed by atoms with Crippen LogP contribution in [0.1, 0.15) is 24.0 Å². The van der Waals surface area contributed by atoms with E-state index in [-0.39, 0.29) is 35.9 Å². The third-order valence-electron chi connectivity index (χ3n) is 5.56. The third kappa shape index (κ3) is 5.48. The number of nitrogens with zero attached hydrogens (tertiary/aromatic N) is 3. The van der Waals surface area contributed by atoms with E-state index in [1.54, 1.807) is 0 Å². The summed E-state index contributed by atoms with van der Waals surface area (Å²) in [5.74, 6) is -2.13. The summed E-state index contributed by atoms with van der Waals surface area (Å²) in [6.45, 7) is 1.08. The molecule has 1 N–H and O–H groups in total. The number of aryl methyl sites for hydroxylation is 1. The fourth-order valence-corrected chi connectivity index (χ4v) is 3.81. The number of amides is 1. The molecule has 2 aromatic carbocycles. The predicted octanol–water partition coefficient (Wildman–Crippen LogP) is 3.45. The zero-order chi connectivity index (χ0) is 24.2. The number of fused-ring (bicyclic) bond motifs is 1. The molecular weight excluding hydrogens is 442 g/mol. The molecule has 0 radical (unpaired) electrons. The van der Waals surface area contributed by atoms with Crippen LogP contribution in [0.15, 0.2) is 47.3 Å². The van der Waals surface area contributed by atoms with Crippen molar-refractivity contribution in [3.05, 3.63) is 75.6 Å². The molecule has 3 aromatic rings. The Balaban J connectivity index is 1.54. The standard InChI is InChI=1S/C25H26F2N4O3/c1-30(2)10-3-11-34-25-19(26)13-18(14-20(25)27)21-7-9-24(33)31(29-21)15-16-4-5-17-6-8-23(32)28-22(17)12-16/h4-5,7,9,12-14H,3,6,8,10-11,15H2,1-2H3,(H,28,32). The molecule has 178 valence electrons. The SMILES string of the molecule is CN(C)CCCOc1c(F)cc(-c2ccc(=O)n(Cc3ccc4c(c3)NC(=O)CC4)n2)cc1F.